The van der Waals surface area contributed by atoms with Crippen LogP contribution in [-0.4, -0.2) is 52.9 Å². The molecule has 6 nitrogen and oxygen atoms in total. The Hall–Kier alpha value is -2.93. The SMILES string of the molecule is COc1ccc(-c2[nH]ncc2CN2CCN(c3ccc(F)cn3)C(C)C2)cc1. The summed E-state index contributed by atoms with van der Waals surface area (Å²) < 4.78 is 18.4. The number of rotatable bonds is 5. The zero-order valence-corrected chi connectivity index (χ0v) is 16.1. The molecule has 1 unspecified atom stereocenters. The molecular weight excluding hydrogens is 357 g/mol. The molecule has 0 bridgehead atoms. The van der Waals surface area contributed by atoms with Gasteiger partial charge in [-0.05, 0) is 43.3 Å². The maximum absolute atomic E-state index is 13.1. The van der Waals surface area contributed by atoms with Gasteiger partial charge in [-0.2, -0.15) is 5.10 Å². The number of nitrogens with one attached hydrogen (secondary N) is 1. The summed E-state index contributed by atoms with van der Waals surface area (Å²) in [4.78, 5) is 8.88. The van der Waals surface area contributed by atoms with Crippen LogP contribution in [0.3, 0.4) is 0 Å². The molecule has 7 heteroatoms. The number of nitrogens with zero attached hydrogens (tertiary/aromatic N) is 4. The van der Waals surface area contributed by atoms with Crippen LogP contribution in [0.2, 0.25) is 0 Å². The van der Waals surface area contributed by atoms with Gasteiger partial charge >= 0.3 is 0 Å². The van der Waals surface area contributed by atoms with Gasteiger partial charge in [0, 0.05) is 43.3 Å². The molecule has 0 amide bonds. The summed E-state index contributed by atoms with van der Waals surface area (Å²) in [6.45, 7) is 5.68. The standard InChI is InChI=1S/C21H24FN5O/c1-15-13-26(9-10-27(15)20-8-5-18(22)12-23-20)14-17-11-24-25-21(17)16-3-6-19(28-2)7-4-16/h3-8,11-12,15H,9-10,13-14H2,1-2H3,(H,24,25). The van der Waals surface area contributed by atoms with Gasteiger partial charge in [0.25, 0.3) is 0 Å². The van der Waals surface area contributed by atoms with Crippen molar-refractivity contribution >= 4 is 5.82 Å². The Kier molecular flexibility index (Phi) is 5.25. The fourth-order valence-corrected chi connectivity index (χ4v) is 3.73. The van der Waals surface area contributed by atoms with E-state index in [2.05, 4.69) is 31.9 Å². The average molecular weight is 381 g/mol. The second-order valence-corrected chi connectivity index (χ2v) is 7.11. The van der Waals surface area contributed by atoms with Crippen molar-refractivity contribution in [3.8, 4) is 17.0 Å². The molecule has 1 atom stereocenters. The van der Waals surface area contributed by atoms with Crippen LogP contribution >= 0.6 is 0 Å². The van der Waals surface area contributed by atoms with Gasteiger partial charge in [0.2, 0.25) is 0 Å². The van der Waals surface area contributed by atoms with E-state index in [9.17, 15) is 4.39 Å². The number of benzene rings is 1. The van der Waals surface area contributed by atoms with Gasteiger partial charge in [0.1, 0.15) is 17.4 Å². The van der Waals surface area contributed by atoms with Crippen molar-refractivity contribution in [2.24, 2.45) is 0 Å². The molecule has 2 aromatic heterocycles. The fraction of sp³-hybridized carbons (Fsp3) is 0.333. The molecule has 0 aliphatic carbocycles. The summed E-state index contributed by atoms with van der Waals surface area (Å²) in [5.74, 6) is 1.36. The first-order valence-electron chi connectivity index (χ1n) is 9.41. The molecule has 28 heavy (non-hydrogen) atoms. The number of ether oxygens (including phenoxy) is 1. The monoisotopic (exact) mass is 381 g/mol. The lowest BCUT2D eigenvalue weighted by molar-refractivity contribution is 0.220. The van der Waals surface area contributed by atoms with Crippen molar-refractivity contribution in [1.29, 1.82) is 0 Å². The molecule has 3 aromatic rings. The van der Waals surface area contributed by atoms with Gasteiger partial charge in [0.15, 0.2) is 0 Å². The first-order chi connectivity index (χ1) is 13.6. The predicted octanol–water partition coefficient (Wildman–Crippen LogP) is 3.33. The maximum atomic E-state index is 13.1. The number of methoxy groups -OCH3 is 1. The molecule has 1 aliphatic heterocycles. The number of H-pyrrole nitrogens is 1. The van der Waals surface area contributed by atoms with Crippen LogP contribution in [0, 0.1) is 5.82 Å². The third-order valence-corrected chi connectivity index (χ3v) is 5.21. The van der Waals surface area contributed by atoms with E-state index in [1.165, 1.54) is 17.8 Å². The zero-order chi connectivity index (χ0) is 19.5. The number of hydrogen-bond acceptors (Lipinski definition) is 5. The second kappa shape index (κ2) is 7.98. The third-order valence-electron chi connectivity index (χ3n) is 5.21. The van der Waals surface area contributed by atoms with Crippen molar-refractivity contribution in [2.45, 2.75) is 19.5 Å². The average Bonchev–Trinajstić information content (AvgIpc) is 3.17. The van der Waals surface area contributed by atoms with E-state index in [1.54, 1.807) is 13.2 Å². The highest BCUT2D eigenvalue weighted by molar-refractivity contribution is 5.63. The zero-order valence-electron chi connectivity index (χ0n) is 16.1. The van der Waals surface area contributed by atoms with Crippen LogP contribution in [0.1, 0.15) is 12.5 Å². The Balaban J connectivity index is 1.43. The lowest BCUT2D eigenvalue weighted by Gasteiger charge is -2.40. The second-order valence-electron chi connectivity index (χ2n) is 7.11. The van der Waals surface area contributed by atoms with E-state index in [0.717, 1.165) is 49.0 Å². The summed E-state index contributed by atoms with van der Waals surface area (Å²) in [5.41, 5.74) is 3.30. The molecule has 3 heterocycles. The van der Waals surface area contributed by atoms with Crippen LogP contribution < -0.4 is 9.64 Å². The molecule has 146 valence electrons. The summed E-state index contributed by atoms with van der Waals surface area (Å²) in [6.07, 6.45) is 3.18. The van der Waals surface area contributed by atoms with Crippen molar-refractivity contribution < 1.29 is 9.13 Å². The van der Waals surface area contributed by atoms with Crippen LogP contribution in [0.4, 0.5) is 10.2 Å². The number of piperazine rings is 1. The molecule has 1 saturated heterocycles. The number of hydrogen-bond donors (Lipinski definition) is 1. The quantitative estimate of drug-likeness (QED) is 0.735. The molecule has 0 radical (unpaired) electrons. The minimum Gasteiger partial charge on any atom is -0.497 e. The van der Waals surface area contributed by atoms with E-state index in [-0.39, 0.29) is 5.82 Å². The minimum absolute atomic E-state index is 0.294. The molecule has 1 N–H and O–H groups in total. The summed E-state index contributed by atoms with van der Waals surface area (Å²) in [5, 5.41) is 7.38. The van der Waals surface area contributed by atoms with Gasteiger partial charge in [-0.1, -0.05) is 0 Å². The summed E-state index contributed by atoms with van der Waals surface area (Å²) in [7, 11) is 1.67. The van der Waals surface area contributed by atoms with Crippen LogP contribution in [-0.2, 0) is 6.54 Å². The first-order valence-corrected chi connectivity index (χ1v) is 9.41. The van der Waals surface area contributed by atoms with E-state index in [0.29, 0.717) is 6.04 Å². The first kappa shape index (κ1) is 18.4. The summed E-state index contributed by atoms with van der Waals surface area (Å²) in [6, 6.07) is 11.5. The molecule has 4 rings (SSSR count). The van der Waals surface area contributed by atoms with E-state index < -0.39 is 0 Å². The molecule has 0 spiro atoms. The predicted molar refractivity (Wildman–Crippen MR) is 107 cm³/mol. The maximum Gasteiger partial charge on any atom is 0.141 e. The highest BCUT2D eigenvalue weighted by atomic mass is 19.1. The Bertz CT molecular complexity index is 909. The number of aromatic nitrogens is 3. The van der Waals surface area contributed by atoms with E-state index in [4.69, 9.17) is 4.74 Å². The number of halogens is 1. The van der Waals surface area contributed by atoms with E-state index >= 15 is 0 Å². The lowest BCUT2D eigenvalue weighted by atomic mass is 10.1. The molecule has 1 fully saturated rings. The van der Waals surface area contributed by atoms with E-state index in [1.807, 2.05) is 30.5 Å². The van der Waals surface area contributed by atoms with Crippen molar-refractivity contribution in [3.63, 3.8) is 0 Å². The Morgan fingerprint density at radius 2 is 1.96 bits per heavy atom. The van der Waals surface area contributed by atoms with Crippen LogP contribution in [0.25, 0.3) is 11.3 Å². The highest BCUT2D eigenvalue weighted by Crippen LogP contribution is 2.26. The molecule has 1 aliphatic rings. The van der Waals surface area contributed by atoms with Crippen LogP contribution in [0.15, 0.2) is 48.8 Å². The van der Waals surface area contributed by atoms with Crippen molar-refractivity contribution in [3.05, 3.63) is 60.2 Å². The van der Waals surface area contributed by atoms with Gasteiger partial charge in [-0.25, -0.2) is 9.37 Å². The molecule has 0 saturated carbocycles. The Morgan fingerprint density at radius 3 is 2.64 bits per heavy atom. The fourth-order valence-electron chi connectivity index (χ4n) is 3.73. The van der Waals surface area contributed by atoms with Crippen molar-refractivity contribution in [1.82, 2.24) is 20.1 Å². The summed E-state index contributed by atoms with van der Waals surface area (Å²) >= 11 is 0. The van der Waals surface area contributed by atoms with Crippen LogP contribution in [0.5, 0.6) is 5.75 Å². The molecule has 1 aromatic carbocycles. The number of anilines is 1. The lowest BCUT2D eigenvalue weighted by Crippen LogP contribution is -2.51. The number of aromatic amines is 1. The largest absolute Gasteiger partial charge is 0.497 e. The topological polar surface area (TPSA) is 57.3 Å². The van der Waals surface area contributed by atoms with Gasteiger partial charge < -0.3 is 9.64 Å². The molecular formula is C21H24FN5O. The van der Waals surface area contributed by atoms with Crippen molar-refractivity contribution in [2.75, 3.05) is 31.6 Å². The third kappa shape index (κ3) is 3.84. The normalized spacial score (nSPS) is 17.7. The van der Waals surface area contributed by atoms with Gasteiger partial charge in [-0.15, -0.1) is 0 Å². The Morgan fingerprint density at radius 1 is 1.14 bits per heavy atom. The highest BCUT2D eigenvalue weighted by Gasteiger charge is 2.25. The van der Waals surface area contributed by atoms with Gasteiger partial charge in [-0.3, -0.25) is 10.00 Å². The Labute approximate surface area is 164 Å². The number of pyridine rings is 1. The van der Waals surface area contributed by atoms with Gasteiger partial charge in [0.05, 0.1) is 25.2 Å². The smallest absolute Gasteiger partial charge is 0.141 e. The minimum atomic E-state index is -0.305.